The predicted octanol–water partition coefficient (Wildman–Crippen LogP) is 5.52. The van der Waals surface area contributed by atoms with E-state index in [-0.39, 0.29) is 0 Å². The van der Waals surface area contributed by atoms with Gasteiger partial charge >= 0.3 is 0 Å². The van der Waals surface area contributed by atoms with Gasteiger partial charge in [-0.1, -0.05) is 38.8 Å². The minimum atomic E-state index is 0.562. The molecule has 1 aliphatic heterocycles. The van der Waals surface area contributed by atoms with E-state index in [1.54, 1.807) is 0 Å². The zero-order valence-corrected chi connectivity index (χ0v) is 15.8. The van der Waals surface area contributed by atoms with E-state index in [4.69, 9.17) is 0 Å². The summed E-state index contributed by atoms with van der Waals surface area (Å²) in [6.45, 7) is 17.2. The minimum Gasteiger partial charge on any atom is -0.301 e. The van der Waals surface area contributed by atoms with E-state index >= 15 is 0 Å². The smallest absolute Gasteiger partial charge is 0.00386 e. The predicted molar refractivity (Wildman–Crippen MR) is 95.9 cm³/mol. The van der Waals surface area contributed by atoms with Gasteiger partial charge in [0.25, 0.3) is 0 Å². The van der Waals surface area contributed by atoms with Crippen LogP contribution in [0.4, 0.5) is 0 Å². The van der Waals surface area contributed by atoms with E-state index in [1.165, 1.54) is 45.2 Å². The lowest BCUT2D eigenvalue weighted by Gasteiger charge is -2.44. The average Bonchev–Trinajstić information content (AvgIpc) is 3.22. The normalized spacial score (nSPS) is 29.6. The van der Waals surface area contributed by atoms with Crippen LogP contribution in [0.15, 0.2) is 11.1 Å². The molecule has 1 heteroatoms. The quantitative estimate of drug-likeness (QED) is 0.618. The van der Waals surface area contributed by atoms with Crippen LogP contribution in [0, 0.1) is 29.1 Å². The molecule has 2 aliphatic carbocycles. The molecule has 22 heavy (non-hydrogen) atoms. The van der Waals surface area contributed by atoms with Crippen molar-refractivity contribution < 1.29 is 0 Å². The Morgan fingerprint density at radius 3 is 1.91 bits per heavy atom. The van der Waals surface area contributed by atoms with Crippen LogP contribution >= 0.6 is 0 Å². The van der Waals surface area contributed by atoms with E-state index in [9.17, 15) is 0 Å². The Hall–Kier alpha value is -0.300. The molecule has 1 saturated carbocycles. The number of rotatable bonds is 4. The number of nitrogens with zero attached hydrogens (tertiary/aromatic N) is 1. The third-order valence-electron chi connectivity index (χ3n) is 6.77. The molecule has 1 unspecified atom stereocenters. The fourth-order valence-electron chi connectivity index (χ4n) is 5.69. The first-order valence-corrected chi connectivity index (χ1v) is 9.84. The van der Waals surface area contributed by atoms with Crippen molar-refractivity contribution in [2.75, 3.05) is 13.1 Å². The maximum absolute atomic E-state index is 2.70. The highest BCUT2D eigenvalue weighted by Crippen LogP contribution is 2.61. The fraction of sp³-hybridized carbons (Fsp3) is 0.905. The van der Waals surface area contributed by atoms with Gasteiger partial charge in [0.05, 0.1) is 0 Å². The largest absolute Gasteiger partial charge is 0.301 e. The first kappa shape index (κ1) is 16.6. The SMILES string of the molecule is CC(C)C1=C(C(C)C)C2(CCN(C(C)C)CC2)CC1C1CC1. The summed E-state index contributed by atoms with van der Waals surface area (Å²) < 4.78 is 0. The van der Waals surface area contributed by atoms with Gasteiger partial charge in [0.2, 0.25) is 0 Å². The van der Waals surface area contributed by atoms with Gasteiger partial charge in [0.1, 0.15) is 0 Å². The van der Waals surface area contributed by atoms with Crippen molar-refractivity contribution in [3.63, 3.8) is 0 Å². The molecule has 0 bridgehead atoms. The number of likely N-dealkylation sites (tertiary alicyclic amines) is 1. The van der Waals surface area contributed by atoms with Gasteiger partial charge in [-0.2, -0.15) is 0 Å². The first-order chi connectivity index (χ1) is 10.4. The molecule has 0 N–H and O–H groups in total. The van der Waals surface area contributed by atoms with Gasteiger partial charge < -0.3 is 4.90 Å². The van der Waals surface area contributed by atoms with Crippen molar-refractivity contribution in [2.24, 2.45) is 29.1 Å². The Balaban J connectivity index is 1.91. The third kappa shape index (κ3) is 2.79. The summed E-state index contributed by atoms with van der Waals surface area (Å²) in [7, 11) is 0. The van der Waals surface area contributed by atoms with Gasteiger partial charge in [0, 0.05) is 6.04 Å². The van der Waals surface area contributed by atoms with E-state index in [1.807, 2.05) is 11.1 Å². The molecule has 1 atom stereocenters. The Labute approximate surface area is 138 Å². The highest BCUT2D eigenvalue weighted by atomic mass is 15.2. The van der Waals surface area contributed by atoms with Gasteiger partial charge in [0.15, 0.2) is 0 Å². The van der Waals surface area contributed by atoms with Crippen molar-refractivity contribution in [1.82, 2.24) is 4.90 Å². The molecule has 1 saturated heterocycles. The summed E-state index contributed by atoms with van der Waals surface area (Å²) in [5.74, 6) is 3.47. The molecule has 1 heterocycles. The van der Waals surface area contributed by atoms with Crippen LogP contribution in [-0.4, -0.2) is 24.0 Å². The van der Waals surface area contributed by atoms with Crippen LogP contribution < -0.4 is 0 Å². The van der Waals surface area contributed by atoms with E-state index in [0.717, 1.165) is 23.7 Å². The van der Waals surface area contributed by atoms with Crippen molar-refractivity contribution in [1.29, 1.82) is 0 Å². The second kappa shape index (κ2) is 5.96. The Kier molecular flexibility index (Phi) is 4.49. The first-order valence-electron chi connectivity index (χ1n) is 9.84. The highest BCUT2D eigenvalue weighted by molar-refractivity contribution is 5.35. The Morgan fingerprint density at radius 1 is 0.909 bits per heavy atom. The van der Waals surface area contributed by atoms with Gasteiger partial charge in [-0.05, 0) is 88.1 Å². The molecule has 0 aromatic rings. The highest BCUT2D eigenvalue weighted by Gasteiger charge is 2.51. The molecule has 3 rings (SSSR count). The van der Waals surface area contributed by atoms with Crippen molar-refractivity contribution in [3.05, 3.63) is 11.1 Å². The zero-order chi connectivity index (χ0) is 16.1. The summed E-state index contributed by atoms with van der Waals surface area (Å²) >= 11 is 0. The van der Waals surface area contributed by atoms with E-state index in [2.05, 4.69) is 46.4 Å². The Morgan fingerprint density at radius 2 is 1.50 bits per heavy atom. The summed E-state index contributed by atoms with van der Waals surface area (Å²) in [6, 6.07) is 0.717. The lowest BCUT2D eigenvalue weighted by atomic mass is 9.68. The standard InChI is InChI=1S/C21H37N/c1-14(2)19-18(17-7-8-17)13-21(20(19)15(3)4)9-11-22(12-10-21)16(5)6/h14-18H,7-13H2,1-6H3. The van der Waals surface area contributed by atoms with Crippen molar-refractivity contribution in [3.8, 4) is 0 Å². The maximum atomic E-state index is 2.70. The Bertz CT molecular complexity index is 431. The molecule has 1 nitrogen and oxygen atoms in total. The van der Waals surface area contributed by atoms with Gasteiger partial charge in [-0.15, -0.1) is 0 Å². The number of piperidine rings is 1. The van der Waals surface area contributed by atoms with Crippen molar-refractivity contribution in [2.45, 2.75) is 79.7 Å². The summed E-state index contributed by atoms with van der Waals surface area (Å²) in [5, 5.41) is 0. The van der Waals surface area contributed by atoms with Crippen molar-refractivity contribution >= 4 is 0 Å². The third-order valence-corrected chi connectivity index (χ3v) is 6.77. The molecule has 0 aromatic heterocycles. The summed E-state index contributed by atoms with van der Waals surface area (Å²) in [4.78, 5) is 2.70. The summed E-state index contributed by atoms with van der Waals surface area (Å²) in [5.41, 5.74) is 4.37. The number of allylic oxidation sites excluding steroid dienone is 2. The van der Waals surface area contributed by atoms with Gasteiger partial charge in [-0.25, -0.2) is 0 Å². The van der Waals surface area contributed by atoms with E-state index < -0.39 is 0 Å². The van der Waals surface area contributed by atoms with Crippen LogP contribution in [0.2, 0.25) is 0 Å². The monoisotopic (exact) mass is 303 g/mol. The second-order valence-corrected chi connectivity index (χ2v) is 9.24. The van der Waals surface area contributed by atoms with Crippen LogP contribution in [0.25, 0.3) is 0 Å². The van der Waals surface area contributed by atoms with Crippen LogP contribution in [-0.2, 0) is 0 Å². The fourth-order valence-corrected chi connectivity index (χ4v) is 5.69. The topological polar surface area (TPSA) is 3.24 Å². The lowest BCUT2D eigenvalue weighted by molar-refractivity contribution is 0.0941. The molecule has 2 fully saturated rings. The van der Waals surface area contributed by atoms with Crippen LogP contribution in [0.5, 0.6) is 0 Å². The van der Waals surface area contributed by atoms with Crippen LogP contribution in [0.1, 0.15) is 73.6 Å². The molecule has 126 valence electrons. The second-order valence-electron chi connectivity index (χ2n) is 9.24. The number of hydrogen-bond donors (Lipinski definition) is 0. The minimum absolute atomic E-state index is 0.562. The van der Waals surface area contributed by atoms with E-state index in [0.29, 0.717) is 11.5 Å². The summed E-state index contributed by atoms with van der Waals surface area (Å²) in [6.07, 6.45) is 7.32. The zero-order valence-electron chi connectivity index (χ0n) is 15.8. The molecular weight excluding hydrogens is 266 g/mol. The maximum Gasteiger partial charge on any atom is 0.00386 e. The lowest BCUT2D eigenvalue weighted by Crippen LogP contribution is -2.44. The molecule has 1 spiro atoms. The molecule has 3 aliphatic rings. The van der Waals surface area contributed by atoms with Crippen LogP contribution in [0.3, 0.4) is 0 Å². The van der Waals surface area contributed by atoms with Gasteiger partial charge in [-0.3, -0.25) is 0 Å². The molecule has 0 aromatic carbocycles. The average molecular weight is 304 g/mol. The molecule has 0 radical (unpaired) electrons. The number of hydrogen-bond acceptors (Lipinski definition) is 1. The molecular formula is C21H37N. The molecule has 0 amide bonds.